The van der Waals surface area contributed by atoms with E-state index in [1.54, 1.807) is 0 Å². The fourth-order valence-electron chi connectivity index (χ4n) is 1.19. The lowest BCUT2D eigenvalue weighted by Crippen LogP contribution is -2.38. The molecule has 0 amide bonds. The van der Waals surface area contributed by atoms with Crippen LogP contribution >= 0.6 is 0 Å². The Bertz CT molecular complexity index is 310. The van der Waals surface area contributed by atoms with Crippen LogP contribution in [0.25, 0.3) is 0 Å². The molecule has 0 aliphatic carbocycles. The van der Waals surface area contributed by atoms with Crippen molar-refractivity contribution in [2.75, 3.05) is 13.1 Å². The van der Waals surface area contributed by atoms with Crippen LogP contribution in [0.3, 0.4) is 0 Å². The Kier molecular flexibility index (Phi) is 5.64. The highest BCUT2D eigenvalue weighted by Gasteiger charge is 2.59. The van der Waals surface area contributed by atoms with Crippen molar-refractivity contribution in [3.05, 3.63) is 11.8 Å². The summed E-state index contributed by atoms with van der Waals surface area (Å²) in [6.07, 6.45) is -13.4. The molecule has 0 fully saturated rings. The molecule has 19 heavy (non-hydrogen) atoms. The van der Waals surface area contributed by atoms with Crippen molar-refractivity contribution in [3.8, 4) is 0 Å². The van der Waals surface area contributed by atoms with E-state index < -0.39 is 30.3 Å². The predicted octanol–water partition coefficient (Wildman–Crippen LogP) is 4.36. The summed E-state index contributed by atoms with van der Waals surface area (Å²) in [5.74, 6) is -5.42. The third-order valence-corrected chi connectivity index (χ3v) is 2.34. The minimum atomic E-state index is -6.01. The van der Waals surface area contributed by atoms with Gasteiger partial charge in [0, 0.05) is 19.3 Å². The molecule has 0 bridgehead atoms. The van der Waals surface area contributed by atoms with Gasteiger partial charge in [-0.2, -0.15) is 35.1 Å². The largest absolute Gasteiger partial charge is 0.453 e. The molecule has 0 saturated heterocycles. The molecule has 0 aliphatic heterocycles. The Balaban J connectivity index is 5.33. The van der Waals surface area contributed by atoms with Crippen molar-refractivity contribution in [2.45, 2.75) is 38.5 Å². The summed E-state index contributed by atoms with van der Waals surface area (Å²) in [7, 11) is 0. The number of nitrogens with zero attached hydrogens (tertiary/aromatic N) is 1. The van der Waals surface area contributed by atoms with E-state index in [9.17, 15) is 35.1 Å². The number of hydrogen-bond donors (Lipinski definition) is 0. The van der Waals surface area contributed by atoms with Crippen LogP contribution in [0, 0.1) is 0 Å². The number of hydrogen-bond acceptors (Lipinski definition) is 1. The van der Waals surface area contributed by atoms with Gasteiger partial charge in [0.05, 0.1) is 12.0 Å². The van der Waals surface area contributed by atoms with Gasteiger partial charge in [-0.1, -0.05) is 0 Å². The van der Waals surface area contributed by atoms with E-state index in [4.69, 9.17) is 0 Å². The van der Waals surface area contributed by atoms with Crippen molar-refractivity contribution in [3.63, 3.8) is 0 Å². The first-order chi connectivity index (χ1) is 8.35. The van der Waals surface area contributed by atoms with E-state index in [1.807, 2.05) is 0 Å². The third kappa shape index (κ3) is 5.23. The molecule has 0 heterocycles. The first-order valence-electron chi connectivity index (χ1n) is 5.31. The summed E-state index contributed by atoms with van der Waals surface area (Å²) < 4.78 is 98.6. The predicted molar refractivity (Wildman–Crippen MR) is 52.7 cm³/mol. The van der Waals surface area contributed by atoms with E-state index in [2.05, 4.69) is 0 Å². The Morgan fingerprint density at radius 1 is 0.895 bits per heavy atom. The van der Waals surface area contributed by atoms with Gasteiger partial charge in [-0.3, -0.25) is 0 Å². The monoisotopic (exact) mass is 299 g/mol. The van der Waals surface area contributed by atoms with Gasteiger partial charge in [0.2, 0.25) is 0 Å². The molecular weight excluding hydrogens is 286 g/mol. The SMILES string of the molecule is CCN(/C=C(/CC(F)(F)C(F)(F)F)C(F)(F)F)CC. The molecule has 9 heteroatoms. The molecule has 0 atom stereocenters. The molecule has 0 unspecified atom stereocenters. The summed E-state index contributed by atoms with van der Waals surface area (Å²) >= 11 is 0. The zero-order valence-corrected chi connectivity index (χ0v) is 10.2. The first-order valence-corrected chi connectivity index (χ1v) is 5.31. The molecule has 0 spiro atoms. The van der Waals surface area contributed by atoms with Crippen molar-refractivity contribution >= 4 is 0 Å². The van der Waals surface area contributed by atoms with Gasteiger partial charge in [-0.05, 0) is 13.8 Å². The van der Waals surface area contributed by atoms with Crippen LogP contribution in [0.4, 0.5) is 35.1 Å². The molecule has 0 aromatic rings. The van der Waals surface area contributed by atoms with Gasteiger partial charge in [0.1, 0.15) is 0 Å². The summed E-state index contributed by atoms with van der Waals surface area (Å²) in [4.78, 5) is 0.995. The van der Waals surface area contributed by atoms with Gasteiger partial charge in [-0.15, -0.1) is 0 Å². The van der Waals surface area contributed by atoms with E-state index >= 15 is 0 Å². The maximum Gasteiger partial charge on any atom is 0.453 e. The van der Waals surface area contributed by atoms with E-state index in [0.717, 1.165) is 4.90 Å². The Hall–Kier alpha value is -1.02. The van der Waals surface area contributed by atoms with Crippen LogP contribution in [0.2, 0.25) is 0 Å². The van der Waals surface area contributed by atoms with Gasteiger partial charge < -0.3 is 4.90 Å². The fourth-order valence-corrected chi connectivity index (χ4v) is 1.19. The molecule has 0 aromatic heterocycles. The van der Waals surface area contributed by atoms with E-state index in [-0.39, 0.29) is 13.1 Å². The first kappa shape index (κ1) is 18.0. The van der Waals surface area contributed by atoms with Crippen molar-refractivity contribution in [1.29, 1.82) is 0 Å². The Morgan fingerprint density at radius 3 is 1.58 bits per heavy atom. The quantitative estimate of drug-likeness (QED) is 0.682. The van der Waals surface area contributed by atoms with Crippen LogP contribution in [0.1, 0.15) is 20.3 Å². The van der Waals surface area contributed by atoms with Crippen molar-refractivity contribution in [2.24, 2.45) is 0 Å². The molecule has 0 aromatic carbocycles. The van der Waals surface area contributed by atoms with Crippen LogP contribution in [-0.2, 0) is 0 Å². The summed E-state index contributed by atoms with van der Waals surface area (Å²) in [6.45, 7) is 3.03. The lowest BCUT2D eigenvalue weighted by molar-refractivity contribution is -0.284. The fraction of sp³-hybridized carbons (Fsp3) is 0.800. The smallest absolute Gasteiger partial charge is 0.378 e. The number of rotatable bonds is 5. The summed E-state index contributed by atoms with van der Waals surface area (Å²) in [5.41, 5.74) is -1.90. The van der Waals surface area contributed by atoms with Gasteiger partial charge in [0.15, 0.2) is 0 Å². The lowest BCUT2D eigenvalue weighted by atomic mass is 10.1. The number of alkyl halides is 8. The minimum Gasteiger partial charge on any atom is -0.378 e. The third-order valence-electron chi connectivity index (χ3n) is 2.34. The standard InChI is InChI=1S/C10H13F8N/c1-3-19(4-2)6-7(9(13,14)15)5-8(11,12)10(16,17)18/h6H,3-5H2,1-2H3/b7-6-. The van der Waals surface area contributed by atoms with Gasteiger partial charge >= 0.3 is 18.3 Å². The molecule has 114 valence electrons. The van der Waals surface area contributed by atoms with Crippen LogP contribution < -0.4 is 0 Å². The average molecular weight is 299 g/mol. The Morgan fingerprint density at radius 2 is 1.32 bits per heavy atom. The van der Waals surface area contributed by atoms with E-state index in [1.165, 1.54) is 13.8 Å². The van der Waals surface area contributed by atoms with Crippen LogP contribution in [-0.4, -0.2) is 36.3 Å². The number of allylic oxidation sites excluding steroid dienone is 1. The maximum absolute atomic E-state index is 12.7. The summed E-state index contributed by atoms with van der Waals surface area (Å²) in [6, 6.07) is 0. The molecule has 0 saturated carbocycles. The zero-order valence-electron chi connectivity index (χ0n) is 10.2. The topological polar surface area (TPSA) is 3.24 Å². The second-order valence-electron chi connectivity index (χ2n) is 3.75. The molecule has 1 nitrogen and oxygen atoms in total. The highest BCUT2D eigenvalue weighted by Crippen LogP contribution is 2.43. The van der Waals surface area contributed by atoms with Crippen LogP contribution in [0.5, 0.6) is 0 Å². The lowest BCUT2D eigenvalue weighted by Gasteiger charge is -2.24. The number of halogens is 8. The molecular formula is C10H13F8N. The second kappa shape index (κ2) is 5.96. The molecule has 0 N–H and O–H groups in total. The van der Waals surface area contributed by atoms with Crippen molar-refractivity contribution < 1.29 is 35.1 Å². The zero-order chi connectivity index (χ0) is 15.5. The summed E-state index contributed by atoms with van der Waals surface area (Å²) in [5, 5.41) is 0. The molecule has 0 radical (unpaired) electrons. The van der Waals surface area contributed by atoms with Crippen molar-refractivity contribution in [1.82, 2.24) is 4.90 Å². The van der Waals surface area contributed by atoms with Gasteiger partial charge in [0.25, 0.3) is 0 Å². The second-order valence-corrected chi connectivity index (χ2v) is 3.75. The molecule has 0 aliphatic rings. The Labute approximate surface area is 104 Å². The average Bonchev–Trinajstić information content (AvgIpc) is 2.20. The molecule has 0 rings (SSSR count). The normalized spacial score (nSPS) is 14.7. The highest BCUT2D eigenvalue weighted by atomic mass is 19.4. The van der Waals surface area contributed by atoms with Gasteiger partial charge in [-0.25, -0.2) is 0 Å². The highest BCUT2D eigenvalue weighted by molar-refractivity contribution is 5.12. The maximum atomic E-state index is 12.7. The van der Waals surface area contributed by atoms with Crippen LogP contribution in [0.15, 0.2) is 11.8 Å². The minimum absolute atomic E-state index is 0.0632. The van der Waals surface area contributed by atoms with E-state index in [0.29, 0.717) is 6.20 Å².